The average Bonchev–Trinajstić information content (AvgIpc) is 2.53. The van der Waals surface area contributed by atoms with Gasteiger partial charge in [0.2, 0.25) is 5.91 Å². The van der Waals surface area contributed by atoms with Crippen molar-refractivity contribution in [3.63, 3.8) is 0 Å². The molecule has 22 heavy (non-hydrogen) atoms. The second-order valence-corrected chi connectivity index (χ2v) is 5.48. The molecule has 1 saturated carbocycles. The number of hydrogen-bond donors (Lipinski definition) is 1. The molecular weight excluding hydrogens is 288 g/mol. The molecule has 0 heterocycles. The Morgan fingerprint density at radius 1 is 1.32 bits per heavy atom. The predicted octanol–water partition coefficient (Wildman–Crippen LogP) is 4.09. The van der Waals surface area contributed by atoms with Gasteiger partial charge in [-0.25, -0.2) is 8.78 Å². The normalized spacial score (nSPS) is 16.2. The minimum atomic E-state index is -2.61. The molecule has 1 amide bonds. The third kappa shape index (κ3) is 4.55. The van der Waals surface area contributed by atoms with Gasteiger partial charge in [-0.2, -0.15) is 0 Å². The van der Waals surface area contributed by atoms with Crippen LogP contribution in [0.2, 0.25) is 0 Å². The summed E-state index contributed by atoms with van der Waals surface area (Å²) >= 11 is 0. The molecule has 1 aromatic rings. The van der Waals surface area contributed by atoms with Crippen LogP contribution in [0.15, 0.2) is 24.3 Å². The van der Waals surface area contributed by atoms with E-state index in [1.165, 1.54) is 31.7 Å². The fourth-order valence-electron chi connectivity index (χ4n) is 2.70. The Bertz CT molecular complexity index is 537. The Balaban J connectivity index is 1.99. The molecule has 0 unspecified atom stereocenters. The van der Waals surface area contributed by atoms with E-state index < -0.39 is 6.43 Å². The van der Waals surface area contributed by atoms with Crippen LogP contribution >= 0.6 is 0 Å². The van der Waals surface area contributed by atoms with Crippen molar-refractivity contribution in [2.75, 3.05) is 7.11 Å². The fraction of sp³-hybridized carbons (Fsp3) is 0.471. The molecule has 1 aliphatic carbocycles. The van der Waals surface area contributed by atoms with Crippen LogP contribution in [0.3, 0.4) is 0 Å². The zero-order valence-corrected chi connectivity index (χ0v) is 12.6. The molecule has 120 valence electrons. The molecule has 0 radical (unpaired) electrons. The first-order chi connectivity index (χ1) is 10.6. The van der Waals surface area contributed by atoms with Crippen LogP contribution in [0, 0.1) is 0 Å². The summed E-state index contributed by atoms with van der Waals surface area (Å²) in [6, 6.07) is 4.71. The molecule has 2 rings (SSSR count). The lowest BCUT2D eigenvalue weighted by atomic mass is 9.95. The molecule has 1 aromatic carbocycles. The summed E-state index contributed by atoms with van der Waals surface area (Å²) in [7, 11) is 1.36. The first-order valence-electron chi connectivity index (χ1n) is 7.55. The van der Waals surface area contributed by atoms with Crippen molar-refractivity contribution < 1.29 is 18.3 Å². The monoisotopic (exact) mass is 309 g/mol. The third-order valence-corrected chi connectivity index (χ3v) is 3.87. The highest BCUT2D eigenvalue weighted by Crippen LogP contribution is 2.30. The first-order valence-corrected chi connectivity index (χ1v) is 7.55. The van der Waals surface area contributed by atoms with E-state index in [0.29, 0.717) is 5.56 Å². The van der Waals surface area contributed by atoms with E-state index in [2.05, 4.69) is 5.32 Å². The molecule has 5 heteroatoms. The van der Waals surface area contributed by atoms with E-state index in [0.717, 1.165) is 25.7 Å². The Morgan fingerprint density at radius 2 is 2.05 bits per heavy atom. The maximum absolute atomic E-state index is 12.9. The second-order valence-electron chi connectivity index (χ2n) is 5.48. The highest BCUT2D eigenvalue weighted by atomic mass is 19.3. The van der Waals surface area contributed by atoms with Gasteiger partial charge in [0.25, 0.3) is 6.43 Å². The van der Waals surface area contributed by atoms with Crippen molar-refractivity contribution in [3.05, 3.63) is 35.4 Å². The van der Waals surface area contributed by atoms with Crippen LogP contribution in [0.5, 0.6) is 5.75 Å². The number of amides is 1. The lowest BCUT2D eigenvalue weighted by Crippen LogP contribution is -2.34. The van der Waals surface area contributed by atoms with E-state index in [9.17, 15) is 13.6 Å². The first kappa shape index (κ1) is 16.5. The predicted molar refractivity (Wildman–Crippen MR) is 82.0 cm³/mol. The number of hydrogen-bond acceptors (Lipinski definition) is 2. The van der Waals surface area contributed by atoms with Gasteiger partial charge in [0.1, 0.15) is 5.75 Å². The van der Waals surface area contributed by atoms with Gasteiger partial charge < -0.3 is 10.1 Å². The van der Waals surface area contributed by atoms with E-state index in [1.807, 2.05) is 0 Å². The number of carbonyl (C=O) groups excluding carboxylic acids is 1. The van der Waals surface area contributed by atoms with E-state index >= 15 is 0 Å². The van der Waals surface area contributed by atoms with Crippen molar-refractivity contribution in [2.45, 2.75) is 44.6 Å². The van der Waals surface area contributed by atoms with Crippen molar-refractivity contribution in [1.29, 1.82) is 0 Å². The molecule has 0 aromatic heterocycles. The van der Waals surface area contributed by atoms with Crippen molar-refractivity contribution >= 4 is 12.0 Å². The molecular formula is C17H21F2NO2. The lowest BCUT2D eigenvalue weighted by molar-refractivity contribution is -0.117. The van der Waals surface area contributed by atoms with Gasteiger partial charge in [-0.1, -0.05) is 25.3 Å². The molecule has 1 N–H and O–H groups in total. The molecule has 3 nitrogen and oxygen atoms in total. The number of alkyl halides is 2. The molecule has 0 spiro atoms. The maximum atomic E-state index is 12.9. The summed E-state index contributed by atoms with van der Waals surface area (Å²) in [6.07, 6.45) is 5.87. The van der Waals surface area contributed by atoms with Gasteiger partial charge in [0, 0.05) is 12.1 Å². The summed E-state index contributed by atoms with van der Waals surface area (Å²) in [5, 5.41) is 2.95. The van der Waals surface area contributed by atoms with E-state index in [-0.39, 0.29) is 23.3 Å². The van der Waals surface area contributed by atoms with Gasteiger partial charge in [0.05, 0.1) is 12.7 Å². The third-order valence-electron chi connectivity index (χ3n) is 3.87. The highest BCUT2D eigenvalue weighted by Gasteiger charge is 2.15. The Labute approximate surface area is 129 Å². The van der Waals surface area contributed by atoms with E-state index in [4.69, 9.17) is 4.74 Å². The van der Waals surface area contributed by atoms with Crippen molar-refractivity contribution in [3.8, 4) is 5.75 Å². The van der Waals surface area contributed by atoms with E-state index in [1.54, 1.807) is 12.1 Å². The quantitative estimate of drug-likeness (QED) is 0.832. The summed E-state index contributed by atoms with van der Waals surface area (Å²) < 4.78 is 30.7. The zero-order valence-electron chi connectivity index (χ0n) is 12.6. The smallest absolute Gasteiger partial charge is 0.267 e. The number of methoxy groups -OCH3 is 1. The van der Waals surface area contributed by atoms with Crippen LogP contribution in [-0.2, 0) is 4.79 Å². The van der Waals surface area contributed by atoms with Crippen LogP contribution in [-0.4, -0.2) is 19.1 Å². The molecule has 0 atom stereocenters. The van der Waals surface area contributed by atoms with Crippen LogP contribution < -0.4 is 10.1 Å². The Morgan fingerprint density at radius 3 is 2.68 bits per heavy atom. The maximum Gasteiger partial charge on any atom is 0.267 e. The number of nitrogens with one attached hydrogen (secondary N) is 1. The van der Waals surface area contributed by atoms with Crippen LogP contribution in [0.25, 0.3) is 6.08 Å². The van der Waals surface area contributed by atoms with Crippen LogP contribution in [0.4, 0.5) is 8.78 Å². The number of ether oxygens (including phenoxy) is 1. The summed E-state index contributed by atoms with van der Waals surface area (Å²) in [5.74, 6) is -0.0277. The molecule has 1 aliphatic rings. The lowest BCUT2D eigenvalue weighted by Gasteiger charge is -2.21. The number of benzene rings is 1. The Kier molecular flexibility index (Phi) is 5.92. The van der Waals surface area contributed by atoms with Gasteiger partial charge in [-0.3, -0.25) is 4.79 Å². The molecule has 0 saturated heterocycles. The molecule has 0 bridgehead atoms. The van der Waals surface area contributed by atoms with Crippen molar-refractivity contribution in [2.24, 2.45) is 0 Å². The van der Waals surface area contributed by atoms with Gasteiger partial charge >= 0.3 is 0 Å². The SMILES string of the molecule is COc1ccc(/C=C/C(=O)NC2CCCCC2)cc1C(F)F. The van der Waals surface area contributed by atoms with Gasteiger partial charge in [-0.15, -0.1) is 0 Å². The van der Waals surface area contributed by atoms with Gasteiger partial charge in [-0.05, 0) is 36.6 Å². The molecule has 1 fully saturated rings. The molecule has 0 aliphatic heterocycles. The highest BCUT2D eigenvalue weighted by molar-refractivity contribution is 5.91. The number of halogens is 2. The largest absolute Gasteiger partial charge is 0.496 e. The standard InChI is InChI=1S/C17H21F2NO2/c1-22-15-9-7-12(11-14(15)17(18)19)8-10-16(21)20-13-5-3-2-4-6-13/h7-11,13,17H,2-6H2,1H3,(H,20,21)/b10-8+. The minimum absolute atomic E-state index is 0.152. The van der Waals surface area contributed by atoms with Gasteiger partial charge in [0.15, 0.2) is 0 Å². The average molecular weight is 309 g/mol. The number of rotatable bonds is 5. The summed E-state index contributed by atoms with van der Waals surface area (Å²) in [6.45, 7) is 0. The van der Waals surface area contributed by atoms with Crippen molar-refractivity contribution in [1.82, 2.24) is 5.32 Å². The minimum Gasteiger partial charge on any atom is -0.496 e. The van der Waals surface area contributed by atoms with Crippen LogP contribution in [0.1, 0.15) is 49.7 Å². The summed E-state index contributed by atoms with van der Waals surface area (Å²) in [5.41, 5.74) is 0.382. The number of carbonyl (C=O) groups is 1. The Hall–Kier alpha value is -1.91. The summed E-state index contributed by atoms with van der Waals surface area (Å²) in [4.78, 5) is 11.9. The second kappa shape index (κ2) is 7.92. The topological polar surface area (TPSA) is 38.3 Å². The fourth-order valence-corrected chi connectivity index (χ4v) is 2.70. The zero-order chi connectivity index (χ0) is 15.9.